The highest BCUT2D eigenvalue weighted by Crippen LogP contribution is 2.44. The summed E-state index contributed by atoms with van der Waals surface area (Å²) < 4.78 is 32.2. The fourth-order valence-corrected chi connectivity index (χ4v) is 5.14. The number of thiazole rings is 1. The van der Waals surface area contributed by atoms with Crippen molar-refractivity contribution in [3.63, 3.8) is 0 Å². The summed E-state index contributed by atoms with van der Waals surface area (Å²) in [5.74, 6) is 0.846. The summed E-state index contributed by atoms with van der Waals surface area (Å²) in [6.45, 7) is 3.09. The van der Waals surface area contributed by atoms with Crippen LogP contribution >= 0.6 is 11.3 Å². The van der Waals surface area contributed by atoms with Gasteiger partial charge in [-0.25, -0.2) is 23.4 Å². The molecule has 27 heavy (non-hydrogen) atoms. The smallest absolute Gasteiger partial charge is 0.222 e. The zero-order chi connectivity index (χ0) is 18.8. The maximum Gasteiger partial charge on any atom is 0.222 e. The van der Waals surface area contributed by atoms with E-state index in [1.165, 1.54) is 6.33 Å². The van der Waals surface area contributed by atoms with Crippen molar-refractivity contribution in [2.75, 3.05) is 5.32 Å². The van der Waals surface area contributed by atoms with Crippen LogP contribution in [0.25, 0.3) is 21.1 Å². The minimum absolute atomic E-state index is 0.160. The van der Waals surface area contributed by atoms with E-state index in [1.54, 1.807) is 42.8 Å². The van der Waals surface area contributed by atoms with Gasteiger partial charge in [-0.1, -0.05) is 0 Å². The number of sulfone groups is 1. The third-order valence-corrected chi connectivity index (χ3v) is 7.67. The molecule has 0 saturated heterocycles. The zero-order valence-corrected chi connectivity index (χ0v) is 16.1. The monoisotopic (exact) mass is 398 g/mol. The third kappa shape index (κ3) is 2.38. The van der Waals surface area contributed by atoms with E-state index in [0.717, 1.165) is 15.9 Å². The van der Waals surface area contributed by atoms with E-state index in [1.807, 2.05) is 18.2 Å². The third-order valence-electron chi connectivity index (χ3n) is 4.59. The van der Waals surface area contributed by atoms with Crippen molar-refractivity contribution in [3.8, 4) is 5.75 Å². The lowest BCUT2D eigenvalue weighted by molar-refractivity contribution is 0.205. The van der Waals surface area contributed by atoms with E-state index in [-0.39, 0.29) is 4.90 Å². The molecule has 1 N–H and O–H groups in total. The van der Waals surface area contributed by atoms with Gasteiger partial charge in [0.1, 0.15) is 22.8 Å². The summed E-state index contributed by atoms with van der Waals surface area (Å²) in [6, 6.07) is 9.07. The van der Waals surface area contributed by atoms with Crippen molar-refractivity contribution < 1.29 is 13.2 Å². The predicted molar refractivity (Wildman–Crippen MR) is 104 cm³/mol. The first-order valence-corrected chi connectivity index (χ1v) is 10.5. The Labute approximate surface area is 159 Å². The van der Waals surface area contributed by atoms with E-state index in [9.17, 15) is 8.42 Å². The molecule has 9 heteroatoms. The first-order chi connectivity index (χ1) is 12.8. The summed E-state index contributed by atoms with van der Waals surface area (Å²) in [4.78, 5) is 11.7. The normalized spacial score (nSPS) is 17.0. The quantitative estimate of drug-likeness (QED) is 0.547. The highest BCUT2D eigenvalue weighted by atomic mass is 32.2. The second-order valence-electron chi connectivity index (χ2n) is 6.70. The topological polar surface area (TPSA) is 94.1 Å². The summed E-state index contributed by atoms with van der Waals surface area (Å²) in [5.41, 5.74) is 4.11. The van der Waals surface area contributed by atoms with Crippen LogP contribution in [0.5, 0.6) is 5.75 Å². The molecule has 5 rings (SSSR count). The van der Waals surface area contributed by atoms with Crippen molar-refractivity contribution in [1.29, 1.82) is 0 Å². The molecule has 0 fully saturated rings. The Hall–Kier alpha value is -2.78. The molecule has 0 radical (unpaired) electrons. The molecule has 0 aliphatic carbocycles. The van der Waals surface area contributed by atoms with Crippen LogP contribution < -0.4 is 10.1 Å². The van der Waals surface area contributed by atoms with Crippen molar-refractivity contribution in [2.45, 2.75) is 23.7 Å². The molecule has 0 bridgehead atoms. The highest BCUT2D eigenvalue weighted by molar-refractivity contribution is 7.93. The Balaban J connectivity index is 1.66. The second kappa shape index (κ2) is 5.37. The molecule has 136 valence electrons. The van der Waals surface area contributed by atoms with E-state index >= 15 is 0 Å². The molecule has 1 aliphatic rings. The van der Waals surface area contributed by atoms with Gasteiger partial charge in [0.15, 0.2) is 0 Å². The molecule has 2 aromatic heterocycles. The summed E-state index contributed by atoms with van der Waals surface area (Å²) in [7, 11) is -3.60. The largest absolute Gasteiger partial charge is 0.470 e. The van der Waals surface area contributed by atoms with Gasteiger partial charge in [0.25, 0.3) is 0 Å². The Morgan fingerprint density at radius 2 is 1.93 bits per heavy atom. The molecular weight excluding hydrogens is 384 g/mol. The van der Waals surface area contributed by atoms with Crippen LogP contribution in [-0.4, -0.2) is 28.3 Å². The van der Waals surface area contributed by atoms with Crippen LogP contribution in [-0.2, 0) is 9.84 Å². The van der Waals surface area contributed by atoms with E-state index in [0.29, 0.717) is 22.5 Å². The number of fused-ring (bicyclic) bond motifs is 3. The van der Waals surface area contributed by atoms with Gasteiger partial charge >= 0.3 is 0 Å². The van der Waals surface area contributed by atoms with Crippen molar-refractivity contribution in [3.05, 3.63) is 42.2 Å². The number of anilines is 2. The Kier molecular flexibility index (Phi) is 3.26. The van der Waals surface area contributed by atoms with Gasteiger partial charge in [-0.2, -0.15) is 0 Å². The van der Waals surface area contributed by atoms with Crippen LogP contribution in [0.3, 0.4) is 0 Å². The molecule has 7 nitrogen and oxygen atoms in total. The summed E-state index contributed by atoms with van der Waals surface area (Å²) >= 11 is 1.57. The highest BCUT2D eigenvalue weighted by Gasteiger charge is 2.46. The minimum Gasteiger partial charge on any atom is -0.470 e. The maximum absolute atomic E-state index is 12.7. The Morgan fingerprint density at radius 1 is 1.07 bits per heavy atom. The molecule has 2 aromatic carbocycles. The number of nitrogens with one attached hydrogen (secondary N) is 1. The minimum atomic E-state index is -3.60. The number of rotatable bonds is 2. The lowest BCUT2D eigenvalue weighted by Crippen LogP contribution is -2.32. The maximum atomic E-state index is 12.7. The summed E-state index contributed by atoms with van der Waals surface area (Å²) in [6.07, 6.45) is 1.44. The van der Waals surface area contributed by atoms with Gasteiger partial charge in [-0.15, -0.1) is 11.3 Å². The van der Waals surface area contributed by atoms with Crippen LogP contribution in [0, 0.1) is 0 Å². The number of aromatic nitrogens is 3. The van der Waals surface area contributed by atoms with Crippen LogP contribution in [0.15, 0.2) is 47.1 Å². The first-order valence-electron chi connectivity index (χ1n) is 8.18. The molecule has 0 unspecified atom stereocenters. The van der Waals surface area contributed by atoms with Gasteiger partial charge in [0.05, 0.1) is 21.2 Å². The molecule has 1 aliphatic heterocycles. The van der Waals surface area contributed by atoms with Crippen molar-refractivity contribution >= 4 is 53.8 Å². The number of benzene rings is 2. The van der Waals surface area contributed by atoms with Gasteiger partial charge in [0, 0.05) is 17.1 Å². The molecule has 0 amide bonds. The number of hydrogen-bond donors (Lipinski definition) is 1. The van der Waals surface area contributed by atoms with E-state index in [4.69, 9.17) is 4.74 Å². The average Bonchev–Trinajstić information content (AvgIpc) is 3.14. The molecule has 4 aromatic rings. The Morgan fingerprint density at radius 3 is 2.78 bits per heavy atom. The van der Waals surface area contributed by atoms with Gasteiger partial charge in [0.2, 0.25) is 14.8 Å². The second-order valence-corrected chi connectivity index (χ2v) is 10.0. The van der Waals surface area contributed by atoms with Crippen LogP contribution in [0.4, 0.5) is 11.5 Å². The SMILES string of the molecule is CC1(C)Oc2cc3ncnc(Nc4ccc5scnc5c4)c3cc2S1(=O)=O. The van der Waals surface area contributed by atoms with Crippen LogP contribution in [0.1, 0.15) is 13.8 Å². The predicted octanol–water partition coefficient (Wildman–Crippen LogP) is 3.89. The fourth-order valence-electron chi connectivity index (χ4n) is 3.11. The Bertz CT molecular complexity index is 1330. The van der Waals surface area contributed by atoms with Gasteiger partial charge < -0.3 is 10.1 Å². The average molecular weight is 398 g/mol. The molecule has 0 saturated carbocycles. The summed E-state index contributed by atoms with van der Waals surface area (Å²) in [5, 5.41) is 3.86. The number of hydrogen-bond acceptors (Lipinski definition) is 8. The molecule has 3 heterocycles. The van der Waals surface area contributed by atoms with E-state index < -0.39 is 14.8 Å². The number of nitrogens with zero attached hydrogens (tertiary/aromatic N) is 3. The zero-order valence-electron chi connectivity index (χ0n) is 14.4. The number of ether oxygens (including phenoxy) is 1. The lowest BCUT2D eigenvalue weighted by atomic mass is 10.2. The van der Waals surface area contributed by atoms with Gasteiger partial charge in [-0.05, 0) is 38.1 Å². The lowest BCUT2D eigenvalue weighted by Gasteiger charge is -2.15. The standard InChI is InChI=1S/C18H14N4O3S2/c1-18(2)25-14-7-12-11(6-16(14)27(18,23)24)17(20-8-19-12)22-10-3-4-15-13(5-10)21-9-26-15/h3-9H,1-2H3,(H,19,20,22). The van der Waals surface area contributed by atoms with Crippen LogP contribution in [0.2, 0.25) is 0 Å². The van der Waals surface area contributed by atoms with Crippen molar-refractivity contribution in [2.24, 2.45) is 0 Å². The molecule has 0 spiro atoms. The van der Waals surface area contributed by atoms with Crippen molar-refractivity contribution in [1.82, 2.24) is 15.0 Å². The molecular formula is C18H14N4O3S2. The fraction of sp³-hybridized carbons (Fsp3) is 0.167. The van der Waals surface area contributed by atoms with Gasteiger partial charge in [-0.3, -0.25) is 0 Å². The first kappa shape index (κ1) is 16.4. The van der Waals surface area contributed by atoms with E-state index in [2.05, 4.69) is 20.3 Å². The molecule has 0 atom stereocenters.